The number of carbonyl (C=O) groups excluding carboxylic acids is 1. The van der Waals surface area contributed by atoms with Crippen LogP contribution in [-0.2, 0) is 20.9 Å². The summed E-state index contributed by atoms with van der Waals surface area (Å²) in [6, 6.07) is 20.2. The quantitative estimate of drug-likeness (QED) is 0.282. The van der Waals surface area contributed by atoms with Gasteiger partial charge in [-0.15, -0.1) is 0 Å². The first kappa shape index (κ1) is 23.6. The van der Waals surface area contributed by atoms with Crippen molar-refractivity contribution in [2.75, 3.05) is 7.11 Å². The molecule has 1 aromatic heterocycles. The van der Waals surface area contributed by atoms with E-state index < -0.39 is 27.7 Å². The van der Waals surface area contributed by atoms with E-state index in [-0.39, 0.29) is 27.3 Å². The summed E-state index contributed by atoms with van der Waals surface area (Å²) in [4.78, 5) is 16.3. The molecule has 4 aromatic carbocycles. The van der Waals surface area contributed by atoms with Gasteiger partial charge in [0.25, 0.3) is 10.0 Å². The topological polar surface area (TPSA) is 78.3 Å². The van der Waals surface area contributed by atoms with Crippen molar-refractivity contribution in [3.8, 4) is 11.4 Å². The van der Waals surface area contributed by atoms with Gasteiger partial charge >= 0.3 is 12.1 Å². The van der Waals surface area contributed by atoms with Gasteiger partial charge in [0.15, 0.2) is 5.82 Å². The molecular weight excluding hydrogens is 493 g/mol. The second-order valence-electron chi connectivity index (χ2n) is 7.95. The number of alkyl halides is 3. The van der Waals surface area contributed by atoms with Crippen LogP contribution in [0.15, 0.2) is 89.8 Å². The van der Waals surface area contributed by atoms with Crippen LogP contribution in [-0.4, -0.2) is 30.5 Å². The summed E-state index contributed by atoms with van der Waals surface area (Å²) in [5.41, 5.74) is 0.0706. The van der Waals surface area contributed by atoms with Crippen LogP contribution in [0.3, 0.4) is 0 Å². The molecule has 5 aromatic rings. The number of methoxy groups -OCH3 is 1. The highest BCUT2D eigenvalue weighted by molar-refractivity contribution is 7.90. The van der Waals surface area contributed by atoms with Gasteiger partial charge in [0, 0.05) is 5.56 Å². The Balaban J connectivity index is 1.81. The maximum absolute atomic E-state index is 13.8. The molecule has 0 aliphatic heterocycles. The van der Waals surface area contributed by atoms with E-state index in [2.05, 4.69) is 4.98 Å². The molecule has 36 heavy (non-hydrogen) atoms. The second-order valence-corrected chi connectivity index (χ2v) is 9.74. The van der Waals surface area contributed by atoms with Crippen LogP contribution in [0.4, 0.5) is 13.2 Å². The monoisotopic (exact) mass is 510 g/mol. The van der Waals surface area contributed by atoms with E-state index in [1.165, 1.54) is 25.3 Å². The fourth-order valence-corrected chi connectivity index (χ4v) is 5.53. The highest BCUT2D eigenvalue weighted by Crippen LogP contribution is 2.35. The Kier molecular flexibility index (Phi) is 5.55. The summed E-state index contributed by atoms with van der Waals surface area (Å²) in [5, 5.41) is 1.57. The number of fused-ring (bicyclic) bond motifs is 2. The summed E-state index contributed by atoms with van der Waals surface area (Å²) in [5.74, 6) is -0.563. The molecule has 182 valence electrons. The number of imidazole rings is 1. The Hall–Kier alpha value is -4.18. The van der Waals surface area contributed by atoms with Crippen molar-refractivity contribution in [1.82, 2.24) is 8.96 Å². The minimum atomic E-state index is -4.61. The fourth-order valence-electron chi connectivity index (χ4n) is 4.06. The number of rotatable bonds is 4. The van der Waals surface area contributed by atoms with Gasteiger partial charge in [-0.25, -0.2) is 22.2 Å². The van der Waals surface area contributed by atoms with Gasteiger partial charge in [0.05, 0.1) is 34.2 Å². The lowest BCUT2D eigenvalue weighted by Gasteiger charge is -2.13. The van der Waals surface area contributed by atoms with Gasteiger partial charge < -0.3 is 4.74 Å². The Bertz CT molecular complexity index is 1740. The third kappa shape index (κ3) is 3.89. The minimum absolute atomic E-state index is 0.0590. The number of hydrogen-bond acceptors (Lipinski definition) is 5. The predicted molar refractivity (Wildman–Crippen MR) is 128 cm³/mol. The van der Waals surface area contributed by atoms with Gasteiger partial charge in [-0.2, -0.15) is 13.2 Å². The molecule has 1 heterocycles. The summed E-state index contributed by atoms with van der Waals surface area (Å²) in [6.07, 6.45) is -4.61. The van der Waals surface area contributed by atoms with E-state index in [9.17, 15) is 26.4 Å². The third-order valence-corrected chi connectivity index (χ3v) is 7.50. The number of ether oxygens (including phenoxy) is 1. The van der Waals surface area contributed by atoms with Crippen LogP contribution in [0.25, 0.3) is 33.2 Å². The van der Waals surface area contributed by atoms with Gasteiger partial charge in [-0.3, -0.25) is 0 Å². The molecule has 0 saturated carbocycles. The molecule has 0 aliphatic rings. The van der Waals surface area contributed by atoms with E-state index >= 15 is 0 Å². The lowest BCUT2D eigenvalue weighted by atomic mass is 10.0. The second kappa shape index (κ2) is 8.49. The molecule has 6 nitrogen and oxygen atoms in total. The smallest absolute Gasteiger partial charge is 0.416 e. The largest absolute Gasteiger partial charge is 0.465 e. The van der Waals surface area contributed by atoms with Crippen LogP contribution >= 0.6 is 0 Å². The Morgan fingerprint density at radius 2 is 1.61 bits per heavy atom. The number of carbonyl (C=O) groups is 1. The number of nitrogens with zero attached hydrogens (tertiary/aromatic N) is 2. The molecule has 0 fully saturated rings. The lowest BCUT2D eigenvalue weighted by molar-refractivity contribution is -0.137. The summed E-state index contributed by atoms with van der Waals surface area (Å²) in [6.45, 7) is 0. The van der Waals surface area contributed by atoms with E-state index in [0.717, 1.165) is 39.0 Å². The number of benzene rings is 4. The third-order valence-electron chi connectivity index (χ3n) is 5.78. The van der Waals surface area contributed by atoms with Gasteiger partial charge in [0.1, 0.15) is 0 Å². The van der Waals surface area contributed by atoms with Crippen molar-refractivity contribution in [3.05, 3.63) is 96.1 Å². The number of halogens is 3. The van der Waals surface area contributed by atoms with Crippen LogP contribution in [0.2, 0.25) is 0 Å². The van der Waals surface area contributed by atoms with Crippen LogP contribution in [0.5, 0.6) is 0 Å². The van der Waals surface area contributed by atoms with Crippen molar-refractivity contribution in [2.24, 2.45) is 0 Å². The van der Waals surface area contributed by atoms with Crippen molar-refractivity contribution in [3.63, 3.8) is 0 Å². The summed E-state index contributed by atoms with van der Waals surface area (Å²) in [7, 11) is -3.18. The Morgan fingerprint density at radius 3 is 2.31 bits per heavy atom. The molecule has 0 radical (unpaired) electrons. The number of esters is 1. The first-order valence-electron chi connectivity index (χ1n) is 10.6. The van der Waals surface area contributed by atoms with E-state index in [4.69, 9.17) is 4.74 Å². The van der Waals surface area contributed by atoms with Crippen molar-refractivity contribution in [2.45, 2.75) is 11.1 Å². The zero-order valence-electron chi connectivity index (χ0n) is 18.7. The Morgan fingerprint density at radius 1 is 0.917 bits per heavy atom. The van der Waals surface area contributed by atoms with E-state index in [1.54, 1.807) is 18.2 Å². The molecule has 0 aliphatic carbocycles. The van der Waals surface area contributed by atoms with Crippen molar-refractivity contribution < 1.29 is 31.1 Å². The summed E-state index contributed by atoms with van der Waals surface area (Å²) >= 11 is 0. The van der Waals surface area contributed by atoms with Crippen LogP contribution in [0.1, 0.15) is 15.9 Å². The Labute approximate surface area is 203 Å². The molecule has 0 atom stereocenters. The molecule has 10 heteroatoms. The lowest BCUT2D eigenvalue weighted by Crippen LogP contribution is -2.15. The number of hydrogen-bond donors (Lipinski definition) is 0. The fraction of sp³-hybridized carbons (Fsp3) is 0.0769. The molecule has 0 N–H and O–H groups in total. The number of aromatic nitrogens is 2. The zero-order chi connectivity index (χ0) is 25.7. The maximum Gasteiger partial charge on any atom is 0.416 e. The highest BCUT2D eigenvalue weighted by Gasteiger charge is 2.32. The molecule has 0 saturated heterocycles. The van der Waals surface area contributed by atoms with Gasteiger partial charge in [-0.05, 0) is 53.2 Å². The summed E-state index contributed by atoms with van der Waals surface area (Å²) < 4.78 is 72.6. The van der Waals surface area contributed by atoms with Crippen molar-refractivity contribution >= 4 is 37.8 Å². The highest BCUT2D eigenvalue weighted by atomic mass is 32.2. The first-order chi connectivity index (χ1) is 17.1. The maximum atomic E-state index is 13.8. The first-order valence-corrected chi connectivity index (χ1v) is 12.1. The molecule has 0 bridgehead atoms. The van der Waals surface area contributed by atoms with Crippen molar-refractivity contribution in [1.29, 1.82) is 0 Å². The van der Waals surface area contributed by atoms with Crippen LogP contribution < -0.4 is 0 Å². The molecule has 0 unspecified atom stereocenters. The standard InChI is InChI=1S/C26H17F3N2O4S/c1-35-25(32)17-9-14-23-22(15-17)30-24(21-8-4-6-16-5-2-3-7-20(16)21)31(23)36(33,34)19-12-10-18(11-13-19)26(27,28)29/h2-15H,1H3. The zero-order valence-corrected chi connectivity index (χ0v) is 19.5. The van der Waals surface area contributed by atoms with E-state index in [0.29, 0.717) is 5.56 Å². The normalized spacial score (nSPS) is 12.2. The van der Waals surface area contributed by atoms with E-state index in [1.807, 2.05) is 24.3 Å². The predicted octanol–water partition coefficient (Wildman–Crippen LogP) is 5.90. The SMILES string of the molecule is COC(=O)c1ccc2c(c1)nc(-c1cccc3ccccc13)n2S(=O)(=O)c1ccc(C(F)(F)F)cc1. The molecular formula is C26H17F3N2O4S. The molecule has 0 spiro atoms. The molecule has 5 rings (SSSR count). The minimum Gasteiger partial charge on any atom is -0.465 e. The van der Waals surface area contributed by atoms with Gasteiger partial charge in [-0.1, -0.05) is 42.5 Å². The van der Waals surface area contributed by atoms with Gasteiger partial charge in [0.2, 0.25) is 0 Å². The average Bonchev–Trinajstić information content (AvgIpc) is 3.27. The molecule has 0 amide bonds. The van der Waals surface area contributed by atoms with Crippen LogP contribution in [0, 0.1) is 0 Å². The average molecular weight is 510 g/mol.